The van der Waals surface area contributed by atoms with Crippen LogP contribution >= 0.6 is 0 Å². The molecule has 0 unspecified atom stereocenters. The molecule has 3 nitrogen and oxygen atoms in total. The Hall–Kier alpha value is -0.570. The lowest BCUT2D eigenvalue weighted by atomic mass is 9.93. The van der Waals surface area contributed by atoms with Crippen LogP contribution in [0.5, 0.6) is 0 Å². The number of ether oxygens (including phenoxy) is 1. The summed E-state index contributed by atoms with van der Waals surface area (Å²) < 4.78 is 5.67. The summed E-state index contributed by atoms with van der Waals surface area (Å²) in [5.74, 6) is 1.22. The van der Waals surface area contributed by atoms with Gasteiger partial charge in [-0.1, -0.05) is 20.8 Å². The summed E-state index contributed by atoms with van der Waals surface area (Å²) in [5.41, 5.74) is 0. The summed E-state index contributed by atoms with van der Waals surface area (Å²) in [4.78, 5) is 11.3. The van der Waals surface area contributed by atoms with Crippen LogP contribution in [-0.2, 0) is 9.53 Å². The van der Waals surface area contributed by atoms with Gasteiger partial charge in [0.25, 0.3) is 0 Å². The second kappa shape index (κ2) is 6.11. The Kier molecular flexibility index (Phi) is 5.09. The smallest absolute Gasteiger partial charge is 0.219 e. The van der Waals surface area contributed by atoms with Crippen LogP contribution in [0, 0.1) is 11.8 Å². The first kappa shape index (κ1) is 12.5. The molecule has 0 aliphatic carbocycles. The van der Waals surface area contributed by atoms with Crippen molar-refractivity contribution in [1.29, 1.82) is 0 Å². The molecule has 88 valence electrons. The predicted octanol–water partition coefficient (Wildman–Crippen LogP) is 1.96. The summed E-state index contributed by atoms with van der Waals surface area (Å²) in [7, 11) is 0. The van der Waals surface area contributed by atoms with Gasteiger partial charge in [0.2, 0.25) is 5.91 Å². The normalized spacial score (nSPS) is 25.9. The highest BCUT2D eigenvalue weighted by atomic mass is 16.5. The fourth-order valence-corrected chi connectivity index (χ4v) is 2.17. The third kappa shape index (κ3) is 3.82. The van der Waals surface area contributed by atoms with E-state index in [0.717, 1.165) is 26.0 Å². The minimum absolute atomic E-state index is 0.173. The lowest BCUT2D eigenvalue weighted by molar-refractivity contribution is -0.121. The molecule has 0 aromatic heterocycles. The fraction of sp³-hybridized carbons (Fsp3) is 0.917. The molecule has 1 N–H and O–H groups in total. The summed E-state index contributed by atoms with van der Waals surface area (Å²) in [5, 5.41) is 2.99. The standard InChI is InChI=1S/C12H23NO2/c1-4-5-11(14)13-8-10-6-7-15-12(10)9(2)3/h9-10,12H,4-8H2,1-3H3,(H,13,14)/t10-,12-/m1/s1. The molecule has 1 fully saturated rings. The number of hydrogen-bond acceptors (Lipinski definition) is 2. The third-order valence-corrected chi connectivity index (χ3v) is 2.96. The maximum absolute atomic E-state index is 11.3. The molecule has 3 heteroatoms. The lowest BCUT2D eigenvalue weighted by Gasteiger charge is -2.22. The molecule has 0 aromatic rings. The van der Waals surface area contributed by atoms with Crippen molar-refractivity contribution in [2.24, 2.45) is 11.8 Å². The Balaban J connectivity index is 2.28. The zero-order chi connectivity index (χ0) is 11.3. The van der Waals surface area contributed by atoms with Crippen molar-refractivity contribution in [2.45, 2.75) is 46.1 Å². The monoisotopic (exact) mass is 213 g/mol. The number of carbonyl (C=O) groups excluding carboxylic acids is 1. The van der Waals surface area contributed by atoms with E-state index in [4.69, 9.17) is 4.74 Å². The van der Waals surface area contributed by atoms with Crippen LogP contribution in [0.1, 0.15) is 40.0 Å². The van der Waals surface area contributed by atoms with E-state index in [1.54, 1.807) is 0 Å². The van der Waals surface area contributed by atoms with E-state index in [0.29, 0.717) is 24.4 Å². The zero-order valence-corrected chi connectivity index (χ0v) is 10.1. The van der Waals surface area contributed by atoms with Gasteiger partial charge in [-0.2, -0.15) is 0 Å². The fourth-order valence-electron chi connectivity index (χ4n) is 2.17. The van der Waals surface area contributed by atoms with Crippen LogP contribution < -0.4 is 5.32 Å². The highest BCUT2D eigenvalue weighted by Gasteiger charge is 2.30. The van der Waals surface area contributed by atoms with Gasteiger partial charge < -0.3 is 10.1 Å². The number of carbonyl (C=O) groups is 1. The van der Waals surface area contributed by atoms with Gasteiger partial charge >= 0.3 is 0 Å². The summed E-state index contributed by atoms with van der Waals surface area (Å²) in [6.45, 7) is 8.00. The molecular weight excluding hydrogens is 190 g/mol. The summed E-state index contributed by atoms with van der Waals surface area (Å²) in [6, 6.07) is 0. The van der Waals surface area contributed by atoms with Crippen molar-refractivity contribution >= 4 is 5.91 Å². The Morgan fingerprint density at radius 3 is 2.87 bits per heavy atom. The van der Waals surface area contributed by atoms with Gasteiger partial charge in [-0.25, -0.2) is 0 Å². The van der Waals surface area contributed by atoms with Crippen LogP contribution in [-0.4, -0.2) is 25.2 Å². The number of nitrogens with one attached hydrogen (secondary N) is 1. The van der Waals surface area contributed by atoms with Crippen molar-refractivity contribution in [3.8, 4) is 0 Å². The molecule has 1 aliphatic rings. The summed E-state index contributed by atoms with van der Waals surface area (Å²) in [6.07, 6.45) is 2.96. The molecule has 15 heavy (non-hydrogen) atoms. The highest BCUT2D eigenvalue weighted by molar-refractivity contribution is 5.75. The zero-order valence-electron chi connectivity index (χ0n) is 10.1. The molecule has 0 bridgehead atoms. The minimum atomic E-state index is 0.173. The van der Waals surface area contributed by atoms with Crippen molar-refractivity contribution in [1.82, 2.24) is 5.32 Å². The van der Waals surface area contributed by atoms with E-state index in [9.17, 15) is 4.79 Å². The molecule has 1 aliphatic heterocycles. The quantitative estimate of drug-likeness (QED) is 0.758. The predicted molar refractivity (Wildman–Crippen MR) is 60.6 cm³/mol. The van der Waals surface area contributed by atoms with Gasteiger partial charge in [0.1, 0.15) is 0 Å². The van der Waals surface area contributed by atoms with Crippen molar-refractivity contribution in [3.05, 3.63) is 0 Å². The Labute approximate surface area is 92.6 Å². The van der Waals surface area contributed by atoms with Crippen molar-refractivity contribution in [2.75, 3.05) is 13.2 Å². The van der Waals surface area contributed by atoms with E-state index in [1.165, 1.54) is 0 Å². The number of rotatable bonds is 5. The maximum atomic E-state index is 11.3. The van der Waals surface area contributed by atoms with E-state index >= 15 is 0 Å². The topological polar surface area (TPSA) is 38.3 Å². The number of hydrogen-bond donors (Lipinski definition) is 1. The van der Waals surface area contributed by atoms with E-state index in [-0.39, 0.29) is 5.91 Å². The second-order valence-electron chi connectivity index (χ2n) is 4.68. The van der Waals surface area contributed by atoms with Gasteiger partial charge in [-0.05, 0) is 18.8 Å². The molecule has 0 aromatic carbocycles. The Morgan fingerprint density at radius 2 is 2.27 bits per heavy atom. The first-order chi connectivity index (χ1) is 7.15. The Morgan fingerprint density at radius 1 is 1.53 bits per heavy atom. The van der Waals surface area contributed by atoms with Gasteiger partial charge in [0, 0.05) is 25.5 Å². The maximum Gasteiger partial charge on any atom is 0.219 e. The van der Waals surface area contributed by atoms with Crippen LogP contribution in [0.3, 0.4) is 0 Å². The molecular formula is C12H23NO2. The first-order valence-electron chi connectivity index (χ1n) is 6.03. The molecule has 1 amide bonds. The van der Waals surface area contributed by atoms with Crippen molar-refractivity contribution < 1.29 is 9.53 Å². The van der Waals surface area contributed by atoms with E-state index < -0.39 is 0 Å². The average Bonchev–Trinajstić information content (AvgIpc) is 2.63. The van der Waals surface area contributed by atoms with Crippen LogP contribution in [0.25, 0.3) is 0 Å². The average molecular weight is 213 g/mol. The third-order valence-electron chi connectivity index (χ3n) is 2.96. The van der Waals surface area contributed by atoms with Crippen molar-refractivity contribution in [3.63, 3.8) is 0 Å². The highest BCUT2D eigenvalue weighted by Crippen LogP contribution is 2.25. The molecule has 2 atom stereocenters. The largest absolute Gasteiger partial charge is 0.378 e. The Bertz CT molecular complexity index is 204. The molecule has 1 saturated heterocycles. The van der Waals surface area contributed by atoms with Crippen LogP contribution in [0.4, 0.5) is 0 Å². The lowest BCUT2D eigenvalue weighted by Crippen LogP contribution is -2.34. The van der Waals surface area contributed by atoms with E-state index in [2.05, 4.69) is 19.2 Å². The summed E-state index contributed by atoms with van der Waals surface area (Å²) >= 11 is 0. The minimum Gasteiger partial charge on any atom is -0.378 e. The van der Waals surface area contributed by atoms with Gasteiger partial charge in [0.15, 0.2) is 0 Å². The van der Waals surface area contributed by atoms with Crippen LogP contribution in [0.2, 0.25) is 0 Å². The SMILES string of the molecule is CCCC(=O)NC[C@H]1CCO[C@@H]1C(C)C. The van der Waals surface area contributed by atoms with E-state index in [1.807, 2.05) is 6.92 Å². The molecule has 0 radical (unpaired) electrons. The molecule has 1 rings (SSSR count). The first-order valence-corrected chi connectivity index (χ1v) is 6.03. The molecule has 1 heterocycles. The van der Waals surface area contributed by atoms with Gasteiger partial charge in [-0.3, -0.25) is 4.79 Å². The number of amides is 1. The van der Waals surface area contributed by atoms with Gasteiger partial charge in [0.05, 0.1) is 6.10 Å². The van der Waals surface area contributed by atoms with Crippen LogP contribution in [0.15, 0.2) is 0 Å². The molecule has 0 saturated carbocycles. The molecule has 0 spiro atoms. The van der Waals surface area contributed by atoms with Gasteiger partial charge in [-0.15, -0.1) is 0 Å². The second-order valence-corrected chi connectivity index (χ2v) is 4.68.